The number of carbonyl (C=O) groups excluding carboxylic acids is 1. The number of nitrogens with zero attached hydrogens (tertiary/aromatic N) is 3. The molecule has 1 aromatic rings. The van der Waals surface area contributed by atoms with Crippen LogP contribution < -0.4 is 4.90 Å². The van der Waals surface area contributed by atoms with Crippen LogP contribution in [-0.2, 0) is 9.59 Å². The van der Waals surface area contributed by atoms with Crippen LogP contribution in [0.5, 0.6) is 0 Å². The minimum atomic E-state index is -0.751. The number of carboxylic acids is 1. The number of hydrogen-bond donors (Lipinski definition) is 1. The molecular formula is C16H23N3O3S. The van der Waals surface area contributed by atoms with Crippen molar-refractivity contribution < 1.29 is 14.7 Å². The van der Waals surface area contributed by atoms with Gasteiger partial charge in [-0.3, -0.25) is 9.59 Å². The van der Waals surface area contributed by atoms with Gasteiger partial charge in [0.25, 0.3) is 0 Å². The highest BCUT2D eigenvalue weighted by atomic mass is 32.1. The van der Waals surface area contributed by atoms with Gasteiger partial charge in [-0.25, -0.2) is 4.98 Å². The molecule has 3 rings (SSSR count). The molecule has 3 heterocycles. The largest absolute Gasteiger partial charge is 0.481 e. The van der Waals surface area contributed by atoms with E-state index in [1.165, 1.54) is 0 Å². The number of carboxylic acid groups (broad SMARTS) is 1. The Balaban J connectivity index is 1.61. The molecule has 7 heteroatoms. The Morgan fingerprint density at radius 2 is 2.13 bits per heavy atom. The van der Waals surface area contributed by atoms with Crippen molar-refractivity contribution in [2.75, 3.05) is 24.5 Å². The molecule has 23 heavy (non-hydrogen) atoms. The maximum atomic E-state index is 12.9. The molecule has 0 radical (unpaired) electrons. The van der Waals surface area contributed by atoms with Gasteiger partial charge < -0.3 is 14.9 Å². The molecule has 6 nitrogen and oxygen atoms in total. The number of thiazole rings is 1. The van der Waals surface area contributed by atoms with E-state index in [1.54, 1.807) is 17.5 Å². The molecule has 1 amide bonds. The molecule has 0 aliphatic carbocycles. The third-order valence-corrected chi connectivity index (χ3v) is 5.61. The van der Waals surface area contributed by atoms with Crippen molar-refractivity contribution in [2.45, 2.75) is 44.6 Å². The first-order valence-electron chi connectivity index (χ1n) is 8.32. The number of rotatable bonds is 5. The molecule has 2 aliphatic heterocycles. The SMILES string of the molecule is O=C(O)CCC1CCCN(C(=O)C2CCCN2c2nccs2)C1. The quantitative estimate of drug-likeness (QED) is 0.892. The summed E-state index contributed by atoms with van der Waals surface area (Å²) >= 11 is 1.58. The Morgan fingerprint density at radius 3 is 2.87 bits per heavy atom. The summed E-state index contributed by atoms with van der Waals surface area (Å²) in [4.78, 5) is 32.1. The fourth-order valence-corrected chi connectivity index (χ4v) is 4.37. The van der Waals surface area contributed by atoms with Crippen molar-refractivity contribution >= 4 is 28.3 Å². The van der Waals surface area contributed by atoms with Gasteiger partial charge in [-0.05, 0) is 38.0 Å². The number of piperidine rings is 1. The summed E-state index contributed by atoms with van der Waals surface area (Å²) in [5.41, 5.74) is 0. The zero-order valence-corrected chi connectivity index (χ0v) is 14.0. The Bertz CT molecular complexity index is 549. The van der Waals surface area contributed by atoms with E-state index in [1.807, 2.05) is 10.3 Å². The molecule has 2 aliphatic rings. The zero-order valence-electron chi connectivity index (χ0n) is 13.2. The van der Waals surface area contributed by atoms with E-state index >= 15 is 0 Å². The van der Waals surface area contributed by atoms with Crippen molar-refractivity contribution in [3.8, 4) is 0 Å². The molecule has 0 spiro atoms. The van der Waals surface area contributed by atoms with Crippen LogP contribution in [0.4, 0.5) is 5.13 Å². The van der Waals surface area contributed by atoms with Crippen LogP contribution in [0.15, 0.2) is 11.6 Å². The fraction of sp³-hybridized carbons (Fsp3) is 0.688. The Morgan fingerprint density at radius 1 is 1.30 bits per heavy atom. The van der Waals surface area contributed by atoms with Gasteiger partial charge in [0, 0.05) is 37.6 Å². The number of aromatic nitrogens is 1. The standard InChI is InChI=1S/C16H23N3O3S/c20-14(21)6-5-12-3-1-8-18(11-12)15(22)13-4-2-9-19(13)16-17-7-10-23-16/h7,10,12-13H,1-6,8-9,11H2,(H,20,21). The van der Waals surface area contributed by atoms with E-state index in [-0.39, 0.29) is 18.4 Å². The highest BCUT2D eigenvalue weighted by Gasteiger charge is 2.36. The number of hydrogen-bond acceptors (Lipinski definition) is 5. The van der Waals surface area contributed by atoms with Crippen molar-refractivity contribution in [2.24, 2.45) is 5.92 Å². The smallest absolute Gasteiger partial charge is 0.303 e. The third kappa shape index (κ3) is 3.83. The molecule has 2 fully saturated rings. The Labute approximate surface area is 140 Å². The summed E-state index contributed by atoms with van der Waals surface area (Å²) in [5.74, 6) is -0.240. The van der Waals surface area contributed by atoms with Crippen LogP contribution in [0.2, 0.25) is 0 Å². The molecule has 0 aromatic carbocycles. The topological polar surface area (TPSA) is 73.7 Å². The molecule has 2 atom stereocenters. The first-order valence-corrected chi connectivity index (χ1v) is 9.20. The fourth-order valence-electron chi connectivity index (χ4n) is 3.65. The predicted molar refractivity (Wildman–Crippen MR) is 88.7 cm³/mol. The Kier molecular flexibility index (Phi) is 5.15. The van der Waals surface area contributed by atoms with Crippen LogP contribution in [0.1, 0.15) is 38.5 Å². The highest BCUT2D eigenvalue weighted by molar-refractivity contribution is 7.13. The first-order chi connectivity index (χ1) is 11.1. The van der Waals surface area contributed by atoms with Crippen molar-refractivity contribution in [1.82, 2.24) is 9.88 Å². The lowest BCUT2D eigenvalue weighted by atomic mass is 9.93. The van der Waals surface area contributed by atoms with E-state index in [0.29, 0.717) is 18.9 Å². The normalized spacial score (nSPS) is 24.9. The van der Waals surface area contributed by atoms with E-state index in [4.69, 9.17) is 5.11 Å². The second kappa shape index (κ2) is 7.29. The van der Waals surface area contributed by atoms with Crippen molar-refractivity contribution in [3.05, 3.63) is 11.6 Å². The number of aliphatic carboxylic acids is 1. The molecule has 2 saturated heterocycles. The van der Waals surface area contributed by atoms with Crippen LogP contribution in [0.3, 0.4) is 0 Å². The van der Waals surface area contributed by atoms with Gasteiger partial charge in [-0.2, -0.15) is 0 Å². The maximum Gasteiger partial charge on any atom is 0.303 e. The summed E-state index contributed by atoms with van der Waals surface area (Å²) in [5, 5.41) is 11.7. The minimum absolute atomic E-state index is 0.0978. The van der Waals surface area contributed by atoms with Gasteiger partial charge >= 0.3 is 5.97 Å². The average Bonchev–Trinajstić information content (AvgIpc) is 3.23. The second-order valence-electron chi connectivity index (χ2n) is 6.39. The van der Waals surface area contributed by atoms with E-state index in [0.717, 1.165) is 43.9 Å². The molecule has 0 saturated carbocycles. The van der Waals surface area contributed by atoms with Gasteiger partial charge in [0.05, 0.1) is 0 Å². The third-order valence-electron chi connectivity index (χ3n) is 4.80. The lowest BCUT2D eigenvalue weighted by molar-refractivity contribution is -0.137. The van der Waals surface area contributed by atoms with Gasteiger partial charge in [-0.15, -0.1) is 11.3 Å². The summed E-state index contributed by atoms with van der Waals surface area (Å²) in [6.07, 6.45) is 6.54. The van der Waals surface area contributed by atoms with E-state index in [2.05, 4.69) is 9.88 Å². The zero-order chi connectivity index (χ0) is 16.2. The van der Waals surface area contributed by atoms with E-state index < -0.39 is 5.97 Å². The summed E-state index contributed by atoms with van der Waals surface area (Å²) in [6, 6.07) is -0.0978. The van der Waals surface area contributed by atoms with Crippen LogP contribution in [-0.4, -0.2) is 52.5 Å². The van der Waals surface area contributed by atoms with Gasteiger partial charge in [0.1, 0.15) is 6.04 Å². The van der Waals surface area contributed by atoms with Crippen molar-refractivity contribution in [1.29, 1.82) is 0 Å². The van der Waals surface area contributed by atoms with Crippen molar-refractivity contribution in [3.63, 3.8) is 0 Å². The van der Waals surface area contributed by atoms with Crippen LogP contribution in [0.25, 0.3) is 0 Å². The minimum Gasteiger partial charge on any atom is -0.481 e. The monoisotopic (exact) mass is 337 g/mol. The van der Waals surface area contributed by atoms with Crippen LogP contribution >= 0.6 is 11.3 Å². The molecular weight excluding hydrogens is 314 g/mol. The lowest BCUT2D eigenvalue weighted by Crippen LogP contribution is -2.49. The molecule has 1 N–H and O–H groups in total. The predicted octanol–water partition coefficient (Wildman–Crippen LogP) is 2.22. The number of likely N-dealkylation sites (tertiary alicyclic amines) is 1. The molecule has 0 bridgehead atoms. The summed E-state index contributed by atoms with van der Waals surface area (Å²) in [7, 11) is 0. The summed E-state index contributed by atoms with van der Waals surface area (Å²) < 4.78 is 0. The van der Waals surface area contributed by atoms with Gasteiger partial charge in [0.15, 0.2) is 5.13 Å². The maximum absolute atomic E-state index is 12.9. The van der Waals surface area contributed by atoms with Gasteiger partial charge in [0.2, 0.25) is 5.91 Å². The second-order valence-corrected chi connectivity index (χ2v) is 7.26. The average molecular weight is 337 g/mol. The number of carbonyl (C=O) groups is 2. The molecule has 1 aromatic heterocycles. The van der Waals surface area contributed by atoms with E-state index in [9.17, 15) is 9.59 Å². The highest BCUT2D eigenvalue weighted by Crippen LogP contribution is 2.30. The van der Waals surface area contributed by atoms with Gasteiger partial charge in [-0.1, -0.05) is 0 Å². The molecule has 2 unspecified atom stereocenters. The first kappa shape index (κ1) is 16.2. The lowest BCUT2D eigenvalue weighted by Gasteiger charge is -2.36. The number of anilines is 1. The summed E-state index contributed by atoms with van der Waals surface area (Å²) in [6.45, 7) is 2.39. The Hall–Kier alpha value is -1.63. The van der Waals surface area contributed by atoms with Crippen LogP contribution in [0, 0.1) is 5.92 Å². The number of amides is 1. The molecule has 126 valence electrons.